The topological polar surface area (TPSA) is 44.8 Å². The number of alkyl halides is 2. The van der Waals surface area contributed by atoms with Crippen LogP contribution in [-0.2, 0) is 11.2 Å². The zero-order valence-electron chi connectivity index (χ0n) is 19.0. The number of carbonyl (C=O) groups is 1. The number of anilines is 2. The molecule has 0 aromatic heterocycles. The summed E-state index contributed by atoms with van der Waals surface area (Å²) in [6.07, 6.45) is 3.14. The van der Waals surface area contributed by atoms with Crippen LogP contribution in [0, 0.1) is 5.41 Å². The largest absolute Gasteiger partial charge is 0.444 e. The van der Waals surface area contributed by atoms with Gasteiger partial charge in [-0.2, -0.15) is 0 Å². The van der Waals surface area contributed by atoms with E-state index in [0.717, 1.165) is 69.4 Å². The maximum absolute atomic E-state index is 13.8. The predicted octanol–water partition coefficient (Wildman–Crippen LogP) is 5.60. The lowest BCUT2D eigenvalue weighted by Crippen LogP contribution is -2.49. The Morgan fingerprint density at radius 1 is 1.10 bits per heavy atom. The second kappa shape index (κ2) is 8.47. The number of hydrogen-bond donors (Lipinski definition) is 1. The van der Waals surface area contributed by atoms with Gasteiger partial charge in [0.15, 0.2) is 0 Å². The van der Waals surface area contributed by atoms with Crippen LogP contribution in [0.15, 0.2) is 12.1 Å². The van der Waals surface area contributed by atoms with Gasteiger partial charge in [0.25, 0.3) is 6.43 Å². The highest BCUT2D eigenvalue weighted by molar-refractivity contribution is 5.68. The van der Waals surface area contributed by atoms with Gasteiger partial charge in [-0.1, -0.05) is 0 Å². The molecule has 0 radical (unpaired) electrons. The smallest absolute Gasteiger partial charge is 0.410 e. The summed E-state index contributed by atoms with van der Waals surface area (Å²) in [7, 11) is 0. The fourth-order valence-electron chi connectivity index (χ4n) is 5.18. The molecule has 0 saturated carbocycles. The van der Waals surface area contributed by atoms with Crippen molar-refractivity contribution in [2.24, 2.45) is 5.41 Å². The van der Waals surface area contributed by atoms with E-state index in [0.29, 0.717) is 18.8 Å². The standard InChI is InChI=1S/C24H35F2N3O2/c1-23(2,3)31-22(30)29-13-8-24(9-14-29)6-11-28(12-7-24)20-15-17-5-4-10-27-19(17)16-18(20)21(25)26/h15-16,21,27H,4-14H2,1-3H3. The number of nitrogens with zero attached hydrogens (tertiary/aromatic N) is 2. The van der Waals surface area contributed by atoms with Crippen molar-refractivity contribution in [3.05, 3.63) is 23.3 Å². The van der Waals surface area contributed by atoms with Crippen molar-refractivity contribution >= 4 is 17.5 Å². The van der Waals surface area contributed by atoms with Gasteiger partial charge in [-0.25, -0.2) is 13.6 Å². The monoisotopic (exact) mass is 435 g/mol. The minimum atomic E-state index is -2.48. The van der Waals surface area contributed by atoms with Gasteiger partial charge in [0, 0.05) is 49.7 Å². The van der Waals surface area contributed by atoms with E-state index in [1.807, 2.05) is 31.7 Å². The number of benzene rings is 1. The molecule has 7 heteroatoms. The average molecular weight is 436 g/mol. The first-order valence-corrected chi connectivity index (χ1v) is 11.6. The van der Waals surface area contributed by atoms with Gasteiger partial charge >= 0.3 is 6.09 Å². The first-order chi connectivity index (χ1) is 14.7. The van der Waals surface area contributed by atoms with Crippen molar-refractivity contribution < 1.29 is 18.3 Å². The van der Waals surface area contributed by atoms with E-state index in [9.17, 15) is 13.6 Å². The Morgan fingerprint density at radius 3 is 2.35 bits per heavy atom. The fourth-order valence-corrected chi connectivity index (χ4v) is 5.18. The van der Waals surface area contributed by atoms with E-state index in [1.54, 1.807) is 6.07 Å². The second-order valence-electron chi connectivity index (χ2n) is 10.4. The first kappa shape index (κ1) is 22.2. The van der Waals surface area contributed by atoms with Crippen LogP contribution in [0.25, 0.3) is 0 Å². The Hall–Kier alpha value is -2.05. The average Bonchev–Trinajstić information content (AvgIpc) is 2.72. The lowest BCUT2D eigenvalue weighted by molar-refractivity contribution is 0.00665. The molecule has 5 nitrogen and oxygen atoms in total. The number of hydrogen-bond acceptors (Lipinski definition) is 4. The molecule has 1 amide bonds. The molecule has 0 bridgehead atoms. The van der Waals surface area contributed by atoms with Crippen molar-refractivity contribution in [3.8, 4) is 0 Å². The quantitative estimate of drug-likeness (QED) is 0.657. The van der Waals surface area contributed by atoms with Crippen molar-refractivity contribution in [2.45, 2.75) is 71.3 Å². The molecular weight excluding hydrogens is 400 g/mol. The molecule has 1 spiro atoms. The van der Waals surface area contributed by atoms with Gasteiger partial charge in [0.05, 0.1) is 0 Å². The number of piperidine rings is 2. The van der Waals surface area contributed by atoms with Crippen LogP contribution in [0.3, 0.4) is 0 Å². The Balaban J connectivity index is 1.40. The summed E-state index contributed by atoms with van der Waals surface area (Å²) < 4.78 is 33.2. The number of halogens is 2. The summed E-state index contributed by atoms with van der Waals surface area (Å²) >= 11 is 0. The van der Waals surface area contributed by atoms with E-state index in [-0.39, 0.29) is 17.1 Å². The molecule has 1 N–H and O–H groups in total. The highest BCUT2D eigenvalue weighted by Gasteiger charge is 2.40. The number of rotatable bonds is 2. The van der Waals surface area contributed by atoms with Crippen molar-refractivity contribution in [2.75, 3.05) is 42.9 Å². The third-order valence-electron chi connectivity index (χ3n) is 7.07. The van der Waals surface area contributed by atoms with Crippen LogP contribution in [-0.4, -0.2) is 49.3 Å². The molecule has 31 heavy (non-hydrogen) atoms. The van der Waals surface area contributed by atoms with Gasteiger partial charge in [-0.3, -0.25) is 0 Å². The van der Waals surface area contributed by atoms with Gasteiger partial charge in [-0.15, -0.1) is 0 Å². The number of amides is 1. The summed E-state index contributed by atoms with van der Waals surface area (Å²) in [5.41, 5.74) is 2.59. The Labute approximate surface area is 184 Å². The van der Waals surface area contributed by atoms with Crippen LogP contribution < -0.4 is 10.2 Å². The molecule has 1 aromatic rings. The van der Waals surface area contributed by atoms with Crippen LogP contribution in [0.5, 0.6) is 0 Å². The van der Waals surface area contributed by atoms with Crippen LogP contribution in [0.2, 0.25) is 0 Å². The molecule has 1 aromatic carbocycles. The minimum absolute atomic E-state index is 0.142. The van der Waals surface area contributed by atoms with E-state index in [2.05, 4.69) is 10.2 Å². The molecule has 3 aliphatic heterocycles. The Kier molecular flexibility index (Phi) is 6.05. The van der Waals surface area contributed by atoms with E-state index in [1.165, 1.54) is 0 Å². The predicted molar refractivity (Wildman–Crippen MR) is 119 cm³/mol. The lowest BCUT2D eigenvalue weighted by atomic mass is 9.71. The molecular formula is C24H35F2N3O2. The van der Waals surface area contributed by atoms with Crippen molar-refractivity contribution in [1.82, 2.24) is 4.90 Å². The van der Waals surface area contributed by atoms with Crippen LogP contribution in [0.4, 0.5) is 25.0 Å². The van der Waals surface area contributed by atoms with Crippen LogP contribution in [0.1, 0.15) is 70.4 Å². The molecule has 4 rings (SSSR count). The zero-order valence-corrected chi connectivity index (χ0v) is 19.0. The molecule has 2 saturated heterocycles. The molecule has 2 fully saturated rings. The number of ether oxygens (including phenoxy) is 1. The van der Waals surface area contributed by atoms with Gasteiger partial charge in [-0.05, 0) is 82.4 Å². The van der Waals surface area contributed by atoms with Crippen LogP contribution >= 0.6 is 0 Å². The normalized spacial score (nSPS) is 21.1. The first-order valence-electron chi connectivity index (χ1n) is 11.6. The molecule has 0 atom stereocenters. The lowest BCUT2D eigenvalue weighted by Gasteiger charge is -2.47. The molecule has 3 aliphatic rings. The Bertz CT molecular complexity index is 804. The highest BCUT2D eigenvalue weighted by Crippen LogP contribution is 2.44. The minimum Gasteiger partial charge on any atom is -0.444 e. The summed E-state index contributed by atoms with van der Waals surface area (Å²) in [6.45, 7) is 9.51. The Morgan fingerprint density at radius 2 is 1.74 bits per heavy atom. The van der Waals surface area contributed by atoms with E-state index in [4.69, 9.17) is 4.74 Å². The van der Waals surface area contributed by atoms with Gasteiger partial charge in [0.1, 0.15) is 5.60 Å². The summed E-state index contributed by atoms with van der Waals surface area (Å²) in [6, 6.07) is 3.66. The maximum Gasteiger partial charge on any atom is 0.410 e. The number of carbonyl (C=O) groups excluding carboxylic acids is 1. The number of likely N-dealkylation sites (tertiary alicyclic amines) is 1. The summed E-state index contributed by atoms with van der Waals surface area (Å²) in [4.78, 5) is 16.3. The second-order valence-corrected chi connectivity index (χ2v) is 10.4. The zero-order chi connectivity index (χ0) is 22.2. The summed E-state index contributed by atoms with van der Waals surface area (Å²) in [5, 5.41) is 3.27. The highest BCUT2D eigenvalue weighted by atomic mass is 19.3. The number of aryl methyl sites for hydroxylation is 1. The summed E-state index contributed by atoms with van der Waals surface area (Å²) in [5.74, 6) is 0. The van der Waals surface area contributed by atoms with Gasteiger partial charge in [0.2, 0.25) is 0 Å². The third-order valence-corrected chi connectivity index (χ3v) is 7.07. The third kappa shape index (κ3) is 4.90. The molecule has 0 aliphatic carbocycles. The SMILES string of the molecule is CC(C)(C)OC(=O)N1CCC2(CC1)CCN(c1cc3c(cc1C(F)F)NCCC3)CC2. The van der Waals surface area contributed by atoms with E-state index >= 15 is 0 Å². The number of nitrogens with one attached hydrogen (secondary N) is 1. The van der Waals surface area contributed by atoms with Crippen molar-refractivity contribution in [3.63, 3.8) is 0 Å². The molecule has 172 valence electrons. The fraction of sp³-hybridized carbons (Fsp3) is 0.708. The van der Waals surface area contributed by atoms with Gasteiger partial charge < -0.3 is 19.9 Å². The molecule has 3 heterocycles. The van der Waals surface area contributed by atoms with Crippen molar-refractivity contribution in [1.29, 1.82) is 0 Å². The maximum atomic E-state index is 13.8. The molecule has 0 unspecified atom stereocenters. The number of fused-ring (bicyclic) bond motifs is 1. The van der Waals surface area contributed by atoms with E-state index < -0.39 is 12.0 Å².